The summed E-state index contributed by atoms with van der Waals surface area (Å²) in [5.41, 5.74) is 11.0. The molecule has 29 heavy (non-hydrogen) atoms. The van der Waals surface area contributed by atoms with Gasteiger partial charge in [0.2, 0.25) is 0 Å². The molecule has 0 aliphatic heterocycles. The van der Waals surface area contributed by atoms with Crippen molar-refractivity contribution in [2.45, 2.75) is 6.54 Å². The van der Waals surface area contributed by atoms with E-state index >= 15 is 0 Å². The van der Waals surface area contributed by atoms with Crippen LogP contribution in [0.25, 0.3) is 32.5 Å². The van der Waals surface area contributed by atoms with Gasteiger partial charge >= 0.3 is 0 Å². The molecule has 5 nitrogen and oxygen atoms in total. The molecule has 0 saturated carbocycles. The van der Waals surface area contributed by atoms with Crippen molar-refractivity contribution in [1.82, 2.24) is 14.8 Å². The fourth-order valence-corrected chi connectivity index (χ4v) is 4.35. The van der Waals surface area contributed by atoms with Gasteiger partial charge in [-0.15, -0.1) is 11.3 Å². The lowest BCUT2D eigenvalue weighted by Gasteiger charge is -2.12. The van der Waals surface area contributed by atoms with Crippen LogP contribution in [-0.2, 0) is 6.54 Å². The average molecular weight is 398 g/mol. The van der Waals surface area contributed by atoms with Gasteiger partial charge < -0.3 is 10.3 Å². The summed E-state index contributed by atoms with van der Waals surface area (Å²) in [6.45, 7) is 0.514. The van der Waals surface area contributed by atoms with Crippen LogP contribution in [0.5, 0.6) is 0 Å². The van der Waals surface area contributed by atoms with Crippen molar-refractivity contribution in [3.05, 3.63) is 94.2 Å². The van der Waals surface area contributed by atoms with Crippen molar-refractivity contribution in [3.63, 3.8) is 0 Å². The second kappa shape index (κ2) is 7.07. The Morgan fingerprint density at radius 2 is 1.86 bits per heavy atom. The second-order valence-corrected chi connectivity index (χ2v) is 7.84. The third-order valence-corrected chi connectivity index (χ3v) is 5.96. The van der Waals surface area contributed by atoms with Gasteiger partial charge in [-0.2, -0.15) is 5.10 Å². The van der Waals surface area contributed by atoms with E-state index in [2.05, 4.69) is 33.8 Å². The third-order valence-electron chi connectivity index (χ3n) is 5.05. The minimum atomic E-state index is -0.0263. The number of thiophene rings is 1. The van der Waals surface area contributed by atoms with Crippen LogP contribution in [0.3, 0.4) is 0 Å². The molecule has 0 unspecified atom stereocenters. The van der Waals surface area contributed by atoms with Gasteiger partial charge in [0.05, 0.1) is 12.1 Å². The van der Waals surface area contributed by atoms with Crippen molar-refractivity contribution in [2.24, 2.45) is 0 Å². The molecule has 142 valence electrons. The van der Waals surface area contributed by atoms with E-state index in [0.717, 1.165) is 33.2 Å². The molecule has 0 fully saturated rings. The standard InChI is InChI=1S/C23H18N4OS/c24-23-19-9-7-15(12-20(19)25-26-23)16-8-10-22(28)27(13-16)14-17-4-1-2-5-18(17)21-6-3-11-29-21/h1-13H,14H2,(H3,24,25,26). The predicted molar refractivity (Wildman–Crippen MR) is 119 cm³/mol. The molecule has 2 aromatic carbocycles. The number of aromatic amines is 1. The highest BCUT2D eigenvalue weighted by Crippen LogP contribution is 2.29. The maximum Gasteiger partial charge on any atom is 0.250 e. The van der Waals surface area contributed by atoms with Crippen molar-refractivity contribution >= 4 is 28.1 Å². The molecule has 5 aromatic rings. The van der Waals surface area contributed by atoms with Crippen LogP contribution in [0.2, 0.25) is 0 Å². The summed E-state index contributed by atoms with van der Waals surface area (Å²) >= 11 is 1.70. The van der Waals surface area contributed by atoms with Gasteiger partial charge in [-0.3, -0.25) is 9.89 Å². The van der Waals surface area contributed by atoms with E-state index in [0.29, 0.717) is 12.4 Å². The van der Waals surface area contributed by atoms with Gasteiger partial charge in [-0.1, -0.05) is 36.4 Å². The van der Waals surface area contributed by atoms with Crippen LogP contribution in [0, 0.1) is 0 Å². The Morgan fingerprint density at radius 3 is 2.72 bits per heavy atom. The Bertz CT molecular complexity index is 1370. The molecule has 0 spiro atoms. The maximum atomic E-state index is 12.6. The largest absolute Gasteiger partial charge is 0.382 e. The highest BCUT2D eigenvalue weighted by atomic mass is 32.1. The molecule has 0 amide bonds. The summed E-state index contributed by atoms with van der Waals surface area (Å²) in [6, 6.07) is 21.8. The van der Waals surface area contributed by atoms with Crippen molar-refractivity contribution in [1.29, 1.82) is 0 Å². The van der Waals surface area contributed by atoms with Crippen LogP contribution in [0.15, 0.2) is 83.1 Å². The van der Waals surface area contributed by atoms with E-state index < -0.39 is 0 Å². The topological polar surface area (TPSA) is 76.7 Å². The number of hydrogen-bond acceptors (Lipinski definition) is 4. The lowest BCUT2D eigenvalue weighted by atomic mass is 10.0. The van der Waals surface area contributed by atoms with E-state index in [4.69, 9.17) is 5.73 Å². The van der Waals surface area contributed by atoms with Crippen LogP contribution in [0.1, 0.15) is 5.56 Å². The first-order chi connectivity index (χ1) is 14.2. The molecular weight excluding hydrogens is 380 g/mol. The Balaban J connectivity index is 1.55. The molecule has 3 aromatic heterocycles. The number of fused-ring (bicyclic) bond motifs is 1. The fraction of sp³-hybridized carbons (Fsp3) is 0.0435. The number of hydrogen-bond donors (Lipinski definition) is 2. The van der Waals surface area contributed by atoms with Gasteiger partial charge in [0, 0.05) is 22.5 Å². The maximum absolute atomic E-state index is 12.6. The normalized spacial score (nSPS) is 11.2. The van der Waals surface area contributed by atoms with Crippen LogP contribution in [-0.4, -0.2) is 14.8 Å². The number of benzene rings is 2. The number of anilines is 1. The molecule has 0 aliphatic carbocycles. The van der Waals surface area contributed by atoms with Crippen molar-refractivity contribution < 1.29 is 0 Å². The Morgan fingerprint density at radius 1 is 1.00 bits per heavy atom. The minimum absolute atomic E-state index is 0.0263. The van der Waals surface area contributed by atoms with Crippen LogP contribution in [0.4, 0.5) is 5.82 Å². The number of pyridine rings is 1. The number of aromatic nitrogens is 3. The second-order valence-electron chi connectivity index (χ2n) is 6.89. The molecule has 0 aliphatic rings. The Hall–Kier alpha value is -3.64. The van der Waals surface area contributed by atoms with Crippen molar-refractivity contribution in [3.8, 4) is 21.6 Å². The van der Waals surface area contributed by atoms with E-state index in [-0.39, 0.29) is 5.56 Å². The molecule has 3 N–H and O–H groups in total. The summed E-state index contributed by atoms with van der Waals surface area (Å²) in [6.07, 6.45) is 1.91. The summed E-state index contributed by atoms with van der Waals surface area (Å²) < 4.78 is 1.76. The minimum Gasteiger partial charge on any atom is -0.382 e. The smallest absolute Gasteiger partial charge is 0.250 e. The summed E-state index contributed by atoms with van der Waals surface area (Å²) in [7, 11) is 0. The highest BCUT2D eigenvalue weighted by molar-refractivity contribution is 7.13. The lowest BCUT2D eigenvalue weighted by Crippen LogP contribution is -2.19. The van der Waals surface area contributed by atoms with Gasteiger partial charge in [-0.05, 0) is 51.9 Å². The van der Waals surface area contributed by atoms with Gasteiger partial charge in [-0.25, -0.2) is 0 Å². The quantitative estimate of drug-likeness (QED) is 0.459. The molecule has 0 radical (unpaired) electrons. The van der Waals surface area contributed by atoms with Gasteiger partial charge in [0.1, 0.15) is 0 Å². The van der Waals surface area contributed by atoms with Crippen LogP contribution < -0.4 is 11.3 Å². The molecule has 3 heterocycles. The van der Waals surface area contributed by atoms with E-state index in [1.165, 1.54) is 4.88 Å². The van der Waals surface area contributed by atoms with Crippen LogP contribution >= 0.6 is 11.3 Å². The SMILES string of the molecule is Nc1n[nH]c2cc(-c3ccc(=O)n(Cc4ccccc4-c4cccs4)c3)ccc12. The summed E-state index contributed by atoms with van der Waals surface area (Å²) in [5.74, 6) is 0.488. The number of nitrogen functional groups attached to an aromatic ring is 1. The molecule has 6 heteroatoms. The summed E-state index contributed by atoms with van der Waals surface area (Å²) in [4.78, 5) is 13.8. The molecule has 0 saturated heterocycles. The zero-order valence-corrected chi connectivity index (χ0v) is 16.3. The average Bonchev–Trinajstić information content (AvgIpc) is 3.40. The Kier molecular flexibility index (Phi) is 4.26. The third kappa shape index (κ3) is 3.23. The van der Waals surface area contributed by atoms with E-state index in [1.54, 1.807) is 22.0 Å². The van der Waals surface area contributed by atoms with Crippen molar-refractivity contribution in [2.75, 3.05) is 5.73 Å². The van der Waals surface area contributed by atoms with E-state index in [9.17, 15) is 4.79 Å². The first kappa shape index (κ1) is 17.5. The molecule has 5 rings (SSSR count). The molecule has 0 bridgehead atoms. The monoisotopic (exact) mass is 398 g/mol. The first-order valence-corrected chi connectivity index (χ1v) is 10.1. The number of nitrogens with one attached hydrogen (secondary N) is 1. The zero-order chi connectivity index (χ0) is 19.8. The fourth-order valence-electron chi connectivity index (χ4n) is 3.56. The zero-order valence-electron chi connectivity index (χ0n) is 15.5. The highest BCUT2D eigenvalue weighted by Gasteiger charge is 2.09. The lowest BCUT2D eigenvalue weighted by molar-refractivity contribution is 0.762. The number of H-pyrrole nitrogens is 1. The predicted octanol–water partition coefficient (Wildman–Crippen LogP) is 4.75. The number of nitrogens with two attached hydrogens (primary N) is 1. The molecule has 0 atom stereocenters. The van der Waals surface area contributed by atoms with Gasteiger partial charge in [0.15, 0.2) is 5.82 Å². The first-order valence-electron chi connectivity index (χ1n) is 9.25. The van der Waals surface area contributed by atoms with E-state index in [1.807, 2.05) is 48.7 Å². The van der Waals surface area contributed by atoms with Gasteiger partial charge in [0.25, 0.3) is 5.56 Å². The molecular formula is C23H18N4OS. The summed E-state index contributed by atoms with van der Waals surface area (Å²) in [5, 5.41) is 9.96. The number of rotatable bonds is 4. The number of nitrogens with zero attached hydrogens (tertiary/aromatic N) is 2. The Labute approximate surface area is 171 Å².